The monoisotopic (exact) mass is 718 g/mol. The average molecular weight is 720 g/mol. The van der Waals surface area contributed by atoms with E-state index < -0.39 is 17.5 Å². The zero-order chi connectivity index (χ0) is 35.5. The summed E-state index contributed by atoms with van der Waals surface area (Å²) >= 11 is 12.6. The predicted molar refractivity (Wildman–Crippen MR) is 201 cm³/mol. The molecule has 0 unspecified atom stereocenters. The highest BCUT2D eigenvalue weighted by molar-refractivity contribution is 6.30. The minimum absolute atomic E-state index is 0. The normalized spacial score (nSPS) is 18.2. The molecule has 2 aliphatic rings. The van der Waals surface area contributed by atoms with Gasteiger partial charge in [0.2, 0.25) is 5.91 Å². The Hall–Kier alpha value is -4.10. The Morgan fingerprint density at radius 2 is 1.50 bits per heavy atom. The van der Waals surface area contributed by atoms with Crippen molar-refractivity contribution in [2.45, 2.75) is 72.0 Å². The molecule has 2 heterocycles. The van der Waals surface area contributed by atoms with Gasteiger partial charge in [0.1, 0.15) is 17.6 Å². The number of urea groups is 1. The Labute approximate surface area is 306 Å². The number of carbonyl (C=O) groups is 2. The van der Waals surface area contributed by atoms with Gasteiger partial charge in [-0.3, -0.25) is 19.6 Å². The van der Waals surface area contributed by atoms with Crippen molar-refractivity contribution in [1.29, 1.82) is 5.26 Å². The largest absolute Gasteiger partial charge is 0.493 e. The minimum atomic E-state index is -0.797. The van der Waals surface area contributed by atoms with E-state index in [4.69, 9.17) is 32.9 Å². The van der Waals surface area contributed by atoms with Crippen LogP contribution in [0, 0.1) is 11.3 Å². The van der Waals surface area contributed by atoms with E-state index >= 15 is 0 Å². The van der Waals surface area contributed by atoms with Crippen molar-refractivity contribution < 1.29 is 14.3 Å². The lowest BCUT2D eigenvalue weighted by atomic mass is 9.85. The number of nitriles is 1. The van der Waals surface area contributed by atoms with Gasteiger partial charge in [0.15, 0.2) is 0 Å². The fourth-order valence-corrected chi connectivity index (χ4v) is 6.46. The van der Waals surface area contributed by atoms with E-state index in [9.17, 15) is 14.9 Å². The van der Waals surface area contributed by atoms with Gasteiger partial charge in [0.05, 0.1) is 36.2 Å². The second-order valence-electron chi connectivity index (χ2n) is 14.0. The molecule has 1 fully saturated rings. The maximum Gasteiger partial charge on any atom is 0.326 e. The van der Waals surface area contributed by atoms with Crippen LogP contribution >= 0.6 is 23.2 Å². The van der Waals surface area contributed by atoms with Crippen molar-refractivity contribution in [3.8, 4) is 11.8 Å². The molecule has 0 radical (unpaired) electrons. The maximum absolute atomic E-state index is 14.9. The van der Waals surface area contributed by atoms with Crippen LogP contribution in [0.3, 0.4) is 0 Å². The van der Waals surface area contributed by atoms with Crippen LogP contribution in [0.25, 0.3) is 0 Å². The fraction of sp³-hybridized carbons (Fsp3) is 0.436. The molecular weight excluding hydrogens is 671 g/mol. The second kappa shape index (κ2) is 15.8. The number of hydrogen-bond acceptors (Lipinski definition) is 6. The summed E-state index contributed by atoms with van der Waals surface area (Å²) in [6, 6.07) is 21.9. The van der Waals surface area contributed by atoms with Gasteiger partial charge in [-0.2, -0.15) is 5.26 Å². The third kappa shape index (κ3) is 8.79. The highest BCUT2D eigenvalue weighted by Crippen LogP contribution is 2.46. The highest BCUT2D eigenvalue weighted by Gasteiger charge is 2.45. The fourth-order valence-electron chi connectivity index (χ4n) is 6.20. The van der Waals surface area contributed by atoms with Crippen LogP contribution in [0.4, 0.5) is 4.79 Å². The quantitative estimate of drug-likeness (QED) is 0.254. The van der Waals surface area contributed by atoms with Gasteiger partial charge < -0.3 is 15.0 Å². The summed E-state index contributed by atoms with van der Waals surface area (Å²) in [5.74, 6) is 0.979. The number of carbonyl (C=O) groups excluding carboxylic acids is 2. The summed E-state index contributed by atoms with van der Waals surface area (Å²) in [5.41, 5.74) is 2.04. The standard InChI is InChI=1S/C38H44Cl2N6O3.CH4/c1-7-49-31-17-12-27(38(5,6)24-41)22-30(31)35-42-33(25-8-13-28(39)14-9-25)34(26-10-15-29(40)16-11-26)46(35)36(48)45-20-18-44(19-21-45)23-32(47)43-37(2,3)4;/h8-17,22,33-34H,7,18-21,23H2,1-6H3,(H,43,47);1H4/t33-,34+;/m0./s1. The Kier molecular flexibility index (Phi) is 12.3. The van der Waals surface area contributed by atoms with Crippen LogP contribution in [0.5, 0.6) is 5.75 Å². The number of halogens is 2. The second-order valence-corrected chi connectivity index (χ2v) is 14.9. The molecule has 3 aromatic carbocycles. The summed E-state index contributed by atoms with van der Waals surface area (Å²) in [6.07, 6.45) is 0. The number of ether oxygens (including phenoxy) is 1. The molecule has 1 saturated heterocycles. The molecule has 2 atom stereocenters. The molecule has 0 saturated carbocycles. The number of rotatable bonds is 8. The van der Waals surface area contributed by atoms with Crippen LogP contribution in [-0.2, 0) is 10.2 Å². The zero-order valence-corrected chi connectivity index (χ0v) is 30.5. The molecule has 1 N–H and O–H groups in total. The van der Waals surface area contributed by atoms with Crippen LogP contribution < -0.4 is 10.1 Å². The van der Waals surface area contributed by atoms with Gasteiger partial charge in [0, 0.05) is 41.8 Å². The van der Waals surface area contributed by atoms with Crippen LogP contribution in [-0.4, -0.2) is 77.3 Å². The van der Waals surface area contributed by atoms with E-state index in [0.717, 1.165) is 16.7 Å². The number of hydrogen-bond donors (Lipinski definition) is 1. The average Bonchev–Trinajstić information content (AvgIpc) is 3.45. The molecule has 3 amide bonds. The topological polar surface area (TPSA) is 101 Å². The van der Waals surface area contributed by atoms with Gasteiger partial charge >= 0.3 is 6.03 Å². The van der Waals surface area contributed by atoms with Gasteiger partial charge in [-0.1, -0.05) is 61.0 Å². The highest BCUT2D eigenvalue weighted by atomic mass is 35.5. The van der Waals surface area contributed by atoms with E-state index in [0.29, 0.717) is 60.0 Å². The maximum atomic E-state index is 14.9. The number of aliphatic imine (C=N–C) groups is 1. The molecule has 266 valence electrons. The van der Waals surface area contributed by atoms with Gasteiger partial charge in [0.25, 0.3) is 0 Å². The van der Waals surface area contributed by atoms with Crippen molar-refractivity contribution in [1.82, 2.24) is 20.0 Å². The number of nitrogens with zero attached hydrogens (tertiary/aromatic N) is 5. The third-order valence-corrected chi connectivity index (χ3v) is 9.25. The first kappa shape index (κ1) is 38.7. The Bertz CT molecular complexity index is 1740. The van der Waals surface area contributed by atoms with Crippen LogP contribution in [0.1, 0.15) is 83.3 Å². The van der Waals surface area contributed by atoms with E-state index in [1.54, 1.807) is 4.90 Å². The van der Waals surface area contributed by atoms with Crippen molar-refractivity contribution in [3.05, 3.63) is 99.0 Å². The SMILES string of the molecule is C.CCOc1ccc(C(C)(C)C#N)cc1C1=N[C@@H](c2ccc(Cl)cc2)[C@@H](c2ccc(Cl)cc2)N1C(=O)N1CCN(CC(=O)NC(C)(C)C)CC1. The summed E-state index contributed by atoms with van der Waals surface area (Å²) in [5, 5.41) is 14.2. The number of piperazine rings is 1. The van der Waals surface area contributed by atoms with E-state index in [1.807, 2.05) is 113 Å². The molecule has 0 aliphatic carbocycles. The van der Waals surface area contributed by atoms with E-state index in [1.165, 1.54) is 0 Å². The molecular formula is C39H48Cl2N6O3. The first-order valence-electron chi connectivity index (χ1n) is 16.6. The Morgan fingerprint density at radius 3 is 2.04 bits per heavy atom. The summed E-state index contributed by atoms with van der Waals surface area (Å²) in [6.45, 7) is 14.1. The predicted octanol–water partition coefficient (Wildman–Crippen LogP) is 8.03. The smallest absolute Gasteiger partial charge is 0.326 e. The first-order chi connectivity index (χ1) is 23.2. The molecule has 11 heteroatoms. The van der Waals surface area contributed by atoms with Gasteiger partial charge in [-0.15, -0.1) is 0 Å². The molecule has 0 bridgehead atoms. The minimum Gasteiger partial charge on any atom is -0.493 e. The third-order valence-electron chi connectivity index (χ3n) is 8.74. The molecule has 2 aliphatic heterocycles. The van der Waals surface area contributed by atoms with E-state index in [2.05, 4.69) is 16.3 Å². The Morgan fingerprint density at radius 1 is 0.920 bits per heavy atom. The summed E-state index contributed by atoms with van der Waals surface area (Å²) in [4.78, 5) is 38.6. The van der Waals surface area contributed by atoms with E-state index in [-0.39, 0.29) is 31.4 Å². The van der Waals surface area contributed by atoms with Gasteiger partial charge in [-0.05, 0) is 94.6 Å². The lowest BCUT2D eigenvalue weighted by Gasteiger charge is -2.39. The molecule has 5 rings (SSSR count). The van der Waals surface area contributed by atoms with Crippen molar-refractivity contribution in [2.24, 2.45) is 4.99 Å². The molecule has 0 spiro atoms. The number of benzene rings is 3. The number of nitrogens with one attached hydrogen (secondary N) is 1. The van der Waals surface area contributed by atoms with Crippen molar-refractivity contribution in [3.63, 3.8) is 0 Å². The zero-order valence-electron chi connectivity index (χ0n) is 29.0. The molecule has 3 aromatic rings. The lowest BCUT2D eigenvalue weighted by molar-refractivity contribution is -0.124. The summed E-state index contributed by atoms with van der Waals surface area (Å²) < 4.78 is 6.13. The number of amides is 3. The molecule has 0 aromatic heterocycles. The van der Waals surface area contributed by atoms with Crippen molar-refractivity contribution >= 4 is 41.0 Å². The van der Waals surface area contributed by atoms with Crippen molar-refractivity contribution in [2.75, 3.05) is 39.3 Å². The first-order valence-corrected chi connectivity index (χ1v) is 17.4. The van der Waals surface area contributed by atoms with Gasteiger partial charge in [-0.25, -0.2) is 4.79 Å². The lowest BCUT2D eigenvalue weighted by Crippen LogP contribution is -2.56. The summed E-state index contributed by atoms with van der Waals surface area (Å²) in [7, 11) is 0. The Balaban J connectivity index is 0.00000562. The van der Waals surface area contributed by atoms with Crippen LogP contribution in [0.2, 0.25) is 10.0 Å². The van der Waals surface area contributed by atoms with Crippen LogP contribution in [0.15, 0.2) is 71.7 Å². The number of amidine groups is 1. The molecule has 50 heavy (non-hydrogen) atoms. The molecule has 9 nitrogen and oxygen atoms in total.